The molecule has 1 atom stereocenters. The van der Waals surface area contributed by atoms with Gasteiger partial charge in [0.25, 0.3) is 0 Å². The highest BCUT2D eigenvalue weighted by Crippen LogP contribution is 2.21. The van der Waals surface area contributed by atoms with Gasteiger partial charge in [-0.25, -0.2) is 0 Å². The molecule has 118 valence electrons. The Bertz CT molecular complexity index is 417. The molecule has 1 aromatic rings. The number of aliphatic hydroxyl groups is 1. The van der Waals surface area contributed by atoms with E-state index in [0.717, 1.165) is 50.4 Å². The number of hydrogen-bond donors (Lipinski definition) is 1. The van der Waals surface area contributed by atoms with Crippen molar-refractivity contribution >= 4 is 0 Å². The van der Waals surface area contributed by atoms with Crippen LogP contribution in [0, 0.1) is 0 Å². The molecule has 1 N–H and O–H groups in total. The van der Waals surface area contributed by atoms with Gasteiger partial charge in [0.05, 0.1) is 12.2 Å². The van der Waals surface area contributed by atoms with Gasteiger partial charge in [0.2, 0.25) is 0 Å². The van der Waals surface area contributed by atoms with E-state index in [9.17, 15) is 5.11 Å². The second-order valence-electron chi connectivity index (χ2n) is 5.95. The summed E-state index contributed by atoms with van der Waals surface area (Å²) >= 11 is 0. The Morgan fingerprint density at radius 2 is 1.76 bits per heavy atom. The fraction of sp³-hybridized carbons (Fsp3) is 0.647. The molecule has 0 radical (unpaired) electrons. The minimum Gasteiger partial charge on any atom is -0.494 e. The highest BCUT2D eigenvalue weighted by atomic mass is 16.5. The van der Waals surface area contributed by atoms with E-state index in [-0.39, 0.29) is 0 Å². The monoisotopic (exact) mass is 293 g/mol. The van der Waals surface area contributed by atoms with Crippen molar-refractivity contribution in [2.75, 3.05) is 32.8 Å². The molecule has 0 spiro atoms. The zero-order chi connectivity index (χ0) is 15.1. The zero-order valence-corrected chi connectivity index (χ0v) is 13.2. The predicted octanol–water partition coefficient (Wildman–Crippen LogP) is 2.70. The Kier molecular flexibility index (Phi) is 5.88. The molecule has 0 amide bonds. The Morgan fingerprint density at radius 1 is 1.10 bits per heavy atom. The SMILES string of the molecule is CCOc1ccc(OCCN2CCCC(C)(O)CC2)cc1. The van der Waals surface area contributed by atoms with Gasteiger partial charge in [-0.3, -0.25) is 4.90 Å². The maximum atomic E-state index is 10.1. The highest BCUT2D eigenvalue weighted by Gasteiger charge is 2.24. The minimum atomic E-state index is -0.495. The fourth-order valence-corrected chi connectivity index (χ4v) is 2.63. The first kappa shape index (κ1) is 16.1. The lowest BCUT2D eigenvalue weighted by molar-refractivity contribution is 0.0442. The first-order valence-electron chi connectivity index (χ1n) is 7.89. The van der Waals surface area contributed by atoms with Crippen LogP contribution in [-0.2, 0) is 0 Å². The molecule has 21 heavy (non-hydrogen) atoms. The van der Waals surface area contributed by atoms with E-state index in [1.165, 1.54) is 0 Å². The molecule has 0 saturated carbocycles. The van der Waals surface area contributed by atoms with Crippen molar-refractivity contribution in [1.82, 2.24) is 4.90 Å². The number of likely N-dealkylation sites (tertiary alicyclic amines) is 1. The molecule has 1 fully saturated rings. The van der Waals surface area contributed by atoms with Crippen molar-refractivity contribution in [2.24, 2.45) is 0 Å². The van der Waals surface area contributed by atoms with E-state index in [2.05, 4.69) is 4.90 Å². The third-order valence-electron chi connectivity index (χ3n) is 3.97. The van der Waals surface area contributed by atoms with Crippen LogP contribution in [0.15, 0.2) is 24.3 Å². The van der Waals surface area contributed by atoms with Crippen LogP contribution in [0.25, 0.3) is 0 Å². The van der Waals surface area contributed by atoms with Crippen LogP contribution in [0.1, 0.15) is 33.1 Å². The molecule has 1 saturated heterocycles. The molecule has 2 rings (SSSR count). The predicted molar refractivity (Wildman–Crippen MR) is 84.0 cm³/mol. The number of benzene rings is 1. The lowest BCUT2D eigenvalue weighted by Crippen LogP contribution is -2.31. The van der Waals surface area contributed by atoms with Gasteiger partial charge in [0.1, 0.15) is 18.1 Å². The Labute approximate surface area is 127 Å². The maximum Gasteiger partial charge on any atom is 0.119 e. The number of ether oxygens (including phenoxy) is 2. The lowest BCUT2D eigenvalue weighted by atomic mass is 9.98. The number of nitrogens with zero attached hydrogens (tertiary/aromatic N) is 1. The average Bonchev–Trinajstić information content (AvgIpc) is 2.62. The standard InChI is InChI=1S/C17H27NO3/c1-3-20-15-5-7-16(8-6-15)21-14-13-18-11-4-9-17(2,19)10-12-18/h5-8,19H,3-4,9-14H2,1-2H3. The van der Waals surface area contributed by atoms with Crippen LogP contribution >= 0.6 is 0 Å². The van der Waals surface area contributed by atoms with Gasteiger partial charge in [0.15, 0.2) is 0 Å². The van der Waals surface area contributed by atoms with Crippen LogP contribution in [0.4, 0.5) is 0 Å². The van der Waals surface area contributed by atoms with E-state index in [0.29, 0.717) is 13.2 Å². The van der Waals surface area contributed by atoms with Gasteiger partial charge in [-0.05, 0) is 63.9 Å². The van der Waals surface area contributed by atoms with Crippen LogP contribution in [0.2, 0.25) is 0 Å². The van der Waals surface area contributed by atoms with Gasteiger partial charge in [0, 0.05) is 13.1 Å². The van der Waals surface area contributed by atoms with Crippen LogP contribution in [0.3, 0.4) is 0 Å². The first-order chi connectivity index (χ1) is 10.1. The van der Waals surface area contributed by atoms with E-state index in [1.807, 2.05) is 38.1 Å². The summed E-state index contributed by atoms with van der Waals surface area (Å²) in [7, 11) is 0. The molecular formula is C17H27NO3. The lowest BCUT2D eigenvalue weighted by Gasteiger charge is -2.22. The van der Waals surface area contributed by atoms with Gasteiger partial charge in [-0.15, -0.1) is 0 Å². The van der Waals surface area contributed by atoms with Crippen LogP contribution in [-0.4, -0.2) is 48.5 Å². The van der Waals surface area contributed by atoms with E-state index >= 15 is 0 Å². The number of hydrogen-bond acceptors (Lipinski definition) is 4. The minimum absolute atomic E-state index is 0.495. The molecule has 0 aliphatic carbocycles. The van der Waals surface area contributed by atoms with E-state index in [4.69, 9.17) is 9.47 Å². The smallest absolute Gasteiger partial charge is 0.119 e. The first-order valence-corrected chi connectivity index (χ1v) is 7.89. The summed E-state index contributed by atoms with van der Waals surface area (Å²) in [6.07, 6.45) is 2.79. The van der Waals surface area contributed by atoms with Crippen molar-refractivity contribution in [2.45, 2.75) is 38.7 Å². The summed E-state index contributed by atoms with van der Waals surface area (Å²) in [6.45, 7) is 8.16. The van der Waals surface area contributed by atoms with Crippen LogP contribution < -0.4 is 9.47 Å². The zero-order valence-electron chi connectivity index (χ0n) is 13.2. The molecule has 1 aliphatic rings. The molecule has 4 nitrogen and oxygen atoms in total. The average molecular weight is 293 g/mol. The van der Waals surface area contributed by atoms with Crippen molar-refractivity contribution in [3.8, 4) is 11.5 Å². The molecule has 1 aromatic carbocycles. The summed E-state index contributed by atoms with van der Waals surface area (Å²) in [5.41, 5.74) is -0.495. The second-order valence-corrected chi connectivity index (χ2v) is 5.95. The molecule has 1 aliphatic heterocycles. The Hall–Kier alpha value is -1.26. The Balaban J connectivity index is 1.71. The third-order valence-corrected chi connectivity index (χ3v) is 3.97. The van der Waals surface area contributed by atoms with E-state index in [1.54, 1.807) is 0 Å². The van der Waals surface area contributed by atoms with Gasteiger partial charge >= 0.3 is 0 Å². The molecular weight excluding hydrogens is 266 g/mol. The fourth-order valence-electron chi connectivity index (χ4n) is 2.63. The van der Waals surface area contributed by atoms with Gasteiger partial charge < -0.3 is 14.6 Å². The third kappa shape index (κ3) is 5.56. The largest absolute Gasteiger partial charge is 0.494 e. The van der Waals surface area contributed by atoms with Crippen molar-refractivity contribution in [3.63, 3.8) is 0 Å². The van der Waals surface area contributed by atoms with Crippen molar-refractivity contribution < 1.29 is 14.6 Å². The Morgan fingerprint density at radius 3 is 2.43 bits per heavy atom. The maximum absolute atomic E-state index is 10.1. The van der Waals surface area contributed by atoms with Gasteiger partial charge in [-0.2, -0.15) is 0 Å². The summed E-state index contributed by atoms with van der Waals surface area (Å²) in [4.78, 5) is 2.37. The second kappa shape index (κ2) is 7.66. The topological polar surface area (TPSA) is 41.9 Å². The highest BCUT2D eigenvalue weighted by molar-refractivity contribution is 5.31. The molecule has 1 unspecified atom stereocenters. The number of rotatable bonds is 6. The molecule has 1 heterocycles. The van der Waals surface area contributed by atoms with Gasteiger partial charge in [-0.1, -0.05) is 0 Å². The molecule has 0 bridgehead atoms. The van der Waals surface area contributed by atoms with Crippen LogP contribution in [0.5, 0.6) is 11.5 Å². The summed E-state index contributed by atoms with van der Waals surface area (Å²) in [5.74, 6) is 1.75. The summed E-state index contributed by atoms with van der Waals surface area (Å²) in [6, 6.07) is 7.75. The van der Waals surface area contributed by atoms with Crippen molar-refractivity contribution in [1.29, 1.82) is 0 Å². The summed E-state index contributed by atoms with van der Waals surface area (Å²) < 4.78 is 11.2. The molecule has 4 heteroatoms. The van der Waals surface area contributed by atoms with E-state index < -0.39 is 5.60 Å². The summed E-state index contributed by atoms with van der Waals surface area (Å²) in [5, 5.41) is 10.1. The normalized spacial score (nSPS) is 23.6. The molecule has 0 aromatic heterocycles. The van der Waals surface area contributed by atoms with Crippen molar-refractivity contribution in [3.05, 3.63) is 24.3 Å². The quantitative estimate of drug-likeness (QED) is 0.875.